The number of anilines is 1. The number of nitrogens with one attached hydrogen (secondary N) is 1. The zero-order chi connectivity index (χ0) is 16.8. The van der Waals surface area contributed by atoms with Gasteiger partial charge in [-0.15, -0.1) is 23.7 Å². The van der Waals surface area contributed by atoms with Crippen LogP contribution in [-0.4, -0.2) is 30.7 Å². The fourth-order valence-corrected chi connectivity index (χ4v) is 3.21. The van der Waals surface area contributed by atoms with E-state index in [1.807, 2.05) is 0 Å². The molecule has 0 saturated carbocycles. The van der Waals surface area contributed by atoms with Crippen molar-refractivity contribution in [3.63, 3.8) is 0 Å². The lowest BCUT2D eigenvalue weighted by atomic mass is 10.1. The number of fused-ring (bicyclic) bond motifs is 3. The lowest BCUT2D eigenvalue weighted by Crippen LogP contribution is -2.41. The Morgan fingerprint density at radius 1 is 1.25 bits per heavy atom. The van der Waals surface area contributed by atoms with Crippen molar-refractivity contribution in [1.29, 1.82) is 0 Å². The summed E-state index contributed by atoms with van der Waals surface area (Å²) in [7, 11) is 1.76. The Kier molecular flexibility index (Phi) is 4.96. The van der Waals surface area contributed by atoms with Gasteiger partial charge in [-0.3, -0.25) is 0 Å². The van der Waals surface area contributed by atoms with Crippen LogP contribution in [0, 0.1) is 0 Å². The highest BCUT2D eigenvalue weighted by Crippen LogP contribution is 2.42. The molecule has 0 bridgehead atoms. The molecule has 3 rings (SSSR count). The summed E-state index contributed by atoms with van der Waals surface area (Å²) in [4.78, 5) is 5.41. The van der Waals surface area contributed by atoms with Crippen LogP contribution in [0.4, 0.5) is 27.1 Å². The highest BCUT2D eigenvalue weighted by molar-refractivity contribution is 7.16. The van der Waals surface area contributed by atoms with E-state index in [9.17, 15) is 22.0 Å². The predicted octanol–water partition coefficient (Wildman–Crippen LogP) is 4.75. The minimum absolute atomic E-state index is 0. The summed E-state index contributed by atoms with van der Waals surface area (Å²) >= 11 is 1.47. The smallest absolute Gasteiger partial charge is 0.456 e. The molecule has 1 aliphatic rings. The molecule has 0 amide bonds. The lowest BCUT2D eigenvalue weighted by molar-refractivity contribution is -0.290. The molecular formula is C14H12ClF5N2OS. The van der Waals surface area contributed by atoms with Gasteiger partial charge in [-0.1, -0.05) is 0 Å². The minimum Gasteiger partial charge on any atom is -0.487 e. The normalized spacial score (nSPS) is 13.1. The Morgan fingerprint density at radius 2 is 1.96 bits per heavy atom. The van der Waals surface area contributed by atoms with Crippen molar-refractivity contribution in [2.24, 2.45) is 0 Å². The number of nitrogens with zero attached hydrogens (tertiary/aromatic N) is 1. The predicted molar refractivity (Wildman–Crippen MR) is 83.6 cm³/mol. The average molecular weight is 387 g/mol. The van der Waals surface area contributed by atoms with Crippen LogP contribution >= 0.6 is 23.7 Å². The van der Waals surface area contributed by atoms with Crippen LogP contribution < -0.4 is 10.1 Å². The van der Waals surface area contributed by atoms with Crippen LogP contribution in [0.1, 0.15) is 10.4 Å². The average Bonchev–Trinajstić information content (AvgIpc) is 3.00. The maximum absolute atomic E-state index is 12.9. The Bertz CT molecular complexity index is 747. The van der Waals surface area contributed by atoms with Crippen LogP contribution in [-0.2, 0) is 6.42 Å². The van der Waals surface area contributed by atoms with Crippen molar-refractivity contribution in [1.82, 2.24) is 4.98 Å². The number of benzene rings is 1. The molecule has 0 saturated heterocycles. The molecule has 0 radical (unpaired) electrons. The topological polar surface area (TPSA) is 34.2 Å². The summed E-state index contributed by atoms with van der Waals surface area (Å²) in [6, 6.07) is 4.48. The molecule has 1 heterocycles. The molecule has 1 N–H and O–H groups in total. The lowest BCUT2D eigenvalue weighted by Gasteiger charge is -2.20. The molecule has 0 aliphatic heterocycles. The molecular weight excluding hydrogens is 375 g/mol. The van der Waals surface area contributed by atoms with Gasteiger partial charge in [0.25, 0.3) is 0 Å². The van der Waals surface area contributed by atoms with Crippen molar-refractivity contribution in [2.75, 3.05) is 19.0 Å². The SMILES string of the molecule is CNc1nc2c(s1)Cc1cc(OCC(F)(F)C(F)(F)F)ccc1-2.Cl. The molecule has 0 fully saturated rings. The van der Waals surface area contributed by atoms with Crippen LogP contribution in [0.15, 0.2) is 18.2 Å². The summed E-state index contributed by atoms with van der Waals surface area (Å²) in [5.41, 5.74) is 2.45. The number of alkyl halides is 5. The molecule has 2 aromatic rings. The number of halogens is 6. The van der Waals surface area contributed by atoms with Crippen LogP contribution in [0.3, 0.4) is 0 Å². The third-order valence-corrected chi connectivity index (χ3v) is 4.50. The van der Waals surface area contributed by atoms with Crippen LogP contribution in [0.25, 0.3) is 11.3 Å². The third kappa shape index (κ3) is 3.27. The first-order valence-electron chi connectivity index (χ1n) is 6.59. The van der Waals surface area contributed by atoms with Gasteiger partial charge in [0.15, 0.2) is 11.7 Å². The Labute approximate surface area is 144 Å². The van der Waals surface area contributed by atoms with Gasteiger partial charge in [0.1, 0.15) is 5.75 Å². The van der Waals surface area contributed by atoms with Gasteiger partial charge < -0.3 is 10.1 Å². The molecule has 10 heteroatoms. The molecule has 24 heavy (non-hydrogen) atoms. The van der Waals surface area contributed by atoms with Gasteiger partial charge in [-0.2, -0.15) is 22.0 Å². The maximum atomic E-state index is 12.9. The fraction of sp³-hybridized carbons (Fsp3) is 0.357. The Hall–Kier alpha value is -1.61. The number of aromatic nitrogens is 1. The Morgan fingerprint density at radius 3 is 2.58 bits per heavy atom. The van der Waals surface area contributed by atoms with E-state index in [2.05, 4.69) is 15.0 Å². The number of thiazole rings is 1. The number of hydrogen-bond donors (Lipinski definition) is 1. The van der Waals surface area contributed by atoms with E-state index < -0.39 is 18.7 Å². The van der Waals surface area contributed by atoms with E-state index in [1.165, 1.54) is 23.5 Å². The third-order valence-electron chi connectivity index (χ3n) is 3.43. The highest BCUT2D eigenvalue weighted by atomic mass is 35.5. The first-order chi connectivity index (χ1) is 10.7. The van der Waals surface area contributed by atoms with Crippen molar-refractivity contribution in [3.8, 4) is 17.0 Å². The van der Waals surface area contributed by atoms with Gasteiger partial charge in [0, 0.05) is 23.9 Å². The zero-order valence-electron chi connectivity index (χ0n) is 12.2. The molecule has 132 valence electrons. The highest BCUT2D eigenvalue weighted by Gasteiger charge is 2.58. The second-order valence-electron chi connectivity index (χ2n) is 5.03. The first kappa shape index (κ1) is 18.7. The second-order valence-corrected chi connectivity index (χ2v) is 6.11. The van der Waals surface area contributed by atoms with E-state index in [0.29, 0.717) is 6.42 Å². The standard InChI is InChI=1S/C14H11F5N2OS.ClH/c1-20-12-21-11-9-3-2-8(4-7(9)5-10(11)23-12)22-6-13(15,16)14(17,18)19;/h2-4H,5-6H2,1H3,(H,20,21);1H. The van der Waals surface area contributed by atoms with Gasteiger partial charge in [0.2, 0.25) is 0 Å². The van der Waals surface area contributed by atoms with E-state index >= 15 is 0 Å². The summed E-state index contributed by atoms with van der Waals surface area (Å²) < 4.78 is 66.8. The van der Waals surface area contributed by atoms with E-state index in [0.717, 1.165) is 26.8 Å². The fourth-order valence-electron chi connectivity index (χ4n) is 2.25. The summed E-state index contributed by atoms with van der Waals surface area (Å²) in [5, 5.41) is 3.71. The van der Waals surface area contributed by atoms with Gasteiger partial charge in [-0.05, 0) is 23.8 Å². The van der Waals surface area contributed by atoms with Crippen molar-refractivity contribution in [2.45, 2.75) is 18.5 Å². The molecule has 0 unspecified atom stereocenters. The van der Waals surface area contributed by atoms with Crippen molar-refractivity contribution < 1.29 is 26.7 Å². The van der Waals surface area contributed by atoms with Crippen LogP contribution in [0.2, 0.25) is 0 Å². The summed E-state index contributed by atoms with van der Waals surface area (Å²) in [6.45, 7) is -1.74. The summed E-state index contributed by atoms with van der Waals surface area (Å²) in [6.07, 6.45) is -5.07. The molecule has 0 spiro atoms. The molecule has 1 aromatic heterocycles. The van der Waals surface area contributed by atoms with Gasteiger partial charge in [-0.25, -0.2) is 4.98 Å². The molecule has 3 nitrogen and oxygen atoms in total. The van der Waals surface area contributed by atoms with Gasteiger partial charge >= 0.3 is 12.1 Å². The maximum Gasteiger partial charge on any atom is 0.456 e. The van der Waals surface area contributed by atoms with E-state index in [1.54, 1.807) is 13.1 Å². The van der Waals surface area contributed by atoms with Crippen molar-refractivity contribution >= 4 is 28.9 Å². The van der Waals surface area contributed by atoms with E-state index in [-0.39, 0.29) is 18.2 Å². The van der Waals surface area contributed by atoms with Gasteiger partial charge in [0.05, 0.1) is 5.69 Å². The monoisotopic (exact) mass is 386 g/mol. The molecule has 0 atom stereocenters. The minimum atomic E-state index is -5.62. The number of rotatable bonds is 4. The van der Waals surface area contributed by atoms with E-state index in [4.69, 9.17) is 0 Å². The molecule has 1 aliphatic carbocycles. The Balaban J connectivity index is 0.00000208. The largest absolute Gasteiger partial charge is 0.487 e. The summed E-state index contributed by atoms with van der Waals surface area (Å²) in [5.74, 6) is -4.90. The number of hydrogen-bond acceptors (Lipinski definition) is 4. The second kappa shape index (κ2) is 6.36. The first-order valence-corrected chi connectivity index (χ1v) is 7.41. The zero-order valence-corrected chi connectivity index (χ0v) is 13.8. The van der Waals surface area contributed by atoms with Crippen LogP contribution in [0.5, 0.6) is 5.75 Å². The molecule has 1 aromatic carbocycles. The van der Waals surface area contributed by atoms with Crippen molar-refractivity contribution in [3.05, 3.63) is 28.6 Å². The number of ether oxygens (including phenoxy) is 1. The quantitative estimate of drug-likeness (QED) is 0.657.